The van der Waals surface area contributed by atoms with E-state index < -0.39 is 23.7 Å². The number of nitrogens with zero attached hydrogens (tertiary/aromatic N) is 2. The minimum absolute atomic E-state index is 0.0177. The molecule has 6 rings (SSSR count). The van der Waals surface area contributed by atoms with Crippen molar-refractivity contribution in [1.29, 1.82) is 0 Å². The smallest absolute Gasteiger partial charge is 0.239 e. The van der Waals surface area contributed by atoms with E-state index in [1.807, 2.05) is 50.5 Å². The van der Waals surface area contributed by atoms with E-state index in [-0.39, 0.29) is 21.7 Å². The van der Waals surface area contributed by atoms with Gasteiger partial charge in [-0.25, -0.2) is 0 Å². The molecule has 1 aliphatic carbocycles. The fourth-order valence-electron chi connectivity index (χ4n) is 6.85. The molecule has 1 atom stereocenters. The lowest BCUT2D eigenvalue weighted by Crippen LogP contribution is -2.59. The van der Waals surface area contributed by atoms with Crippen molar-refractivity contribution in [2.75, 3.05) is 19.0 Å². The average Bonchev–Trinajstić information content (AvgIpc) is 3.22. The molecule has 0 aromatic heterocycles. The summed E-state index contributed by atoms with van der Waals surface area (Å²) in [5.74, 6) is -2.97. The molecule has 1 saturated heterocycles. The highest BCUT2D eigenvalue weighted by Crippen LogP contribution is 2.51. The summed E-state index contributed by atoms with van der Waals surface area (Å²) < 4.78 is 2.09. The van der Waals surface area contributed by atoms with Gasteiger partial charge in [-0.05, 0) is 54.9 Å². The summed E-state index contributed by atoms with van der Waals surface area (Å²) in [4.78, 5) is 28.5. The SMILES string of the molecule is CN1/C(=C/C2=C([O-])C(=C/C3=[N+](C)c4ccccc4C3(C)C)/C2C2C(=O)NC(=S)NC2=O)C(C)(C)c2ccccc21. The highest BCUT2D eigenvalue weighted by atomic mass is 32.1. The Morgan fingerprint density at radius 3 is 2.12 bits per heavy atom. The van der Waals surface area contributed by atoms with Gasteiger partial charge >= 0.3 is 0 Å². The maximum atomic E-state index is 14.0. The van der Waals surface area contributed by atoms with Crippen molar-refractivity contribution in [1.82, 2.24) is 10.6 Å². The average molecular weight is 553 g/mol. The maximum absolute atomic E-state index is 14.0. The van der Waals surface area contributed by atoms with E-state index in [4.69, 9.17) is 12.2 Å². The molecular formula is C32H32N4O3S. The number of hydrogen-bond acceptors (Lipinski definition) is 5. The fourth-order valence-corrected chi connectivity index (χ4v) is 7.05. The lowest BCUT2D eigenvalue weighted by atomic mass is 9.66. The van der Waals surface area contributed by atoms with Gasteiger partial charge in [0.1, 0.15) is 13.0 Å². The van der Waals surface area contributed by atoms with Crippen LogP contribution in [0.2, 0.25) is 0 Å². The molecule has 0 radical (unpaired) electrons. The Morgan fingerprint density at radius 2 is 1.50 bits per heavy atom. The van der Waals surface area contributed by atoms with Crippen LogP contribution < -0.4 is 20.6 Å². The molecule has 2 aromatic carbocycles. The Morgan fingerprint density at radius 1 is 0.900 bits per heavy atom. The number of likely N-dealkylation sites (N-methyl/N-ethyl adjacent to an activating group) is 1. The third-order valence-electron chi connectivity index (χ3n) is 9.03. The first-order valence-electron chi connectivity index (χ1n) is 13.4. The second-order valence-electron chi connectivity index (χ2n) is 12.0. The van der Waals surface area contributed by atoms with Crippen molar-refractivity contribution < 1.29 is 19.3 Å². The van der Waals surface area contributed by atoms with Gasteiger partial charge in [0.25, 0.3) is 0 Å². The molecule has 0 bridgehead atoms. The summed E-state index contributed by atoms with van der Waals surface area (Å²) in [7, 11) is 3.97. The van der Waals surface area contributed by atoms with Crippen LogP contribution in [0.4, 0.5) is 11.4 Å². The standard InChI is InChI=1S/C32H32N4O3S/c1-31(2)19-11-7-9-13-21(19)35(5)23(31)15-17-25(26-28(38)33-30(40)34-29(26)39)18(27(17)37)16-24-32(3,4)20-12-8-10-14-22(20)36(24)6/h7-16,25-26H,1-6H3,(H2-,33,34,37,38,39,40). The molecule has 1 fully saturated rings. The van der Waals surface area contributed by atoms with Gasteiger partial charge in [0.2, 0.25) is 17.5 Å². The summed E-state index contributed by atoms with van der Waals surface area (Å²) in [5.41, 5.74) is 6.49. The molecule has 2 aromatic rings. The van der Waals surface area contributed by atoms with Crippen molar-refractivity contribution in [2.45, 2.75) is 38.5 Å². The Hall–Kier alpha value is -4.04. The van der Waals surface area contributed by atoms with Crippen molar-refractivity contribution in [3.8, 4) is 0 Å². The molecule has 7 nitrogen and oxygen atoms in total. The number of carbonyl (C=O) groups is 2. The first kappa shape index (κ1) is 26.2. The van der Waals surface area contributed by atoms with Crippen LogP contribution in [0.15, 0.2) is 83.3 Å². The summed E-state index contributed by atoms with van der Waals surface area (Å²) in [5, 5.41) is 19.1. The molecule has 2 N–H and O–H groups in total. The van der Waals surface area contributed by atoms with E-state index in [0.717, 1.165) is 33.9 Å². The number of allylic oxidation sites excluding steroid dienone is 5. The Bertz CT molecular complexity index is 1640. The summed E-state index contributed by atoms with van der Waals surface area (Å²) in [6, 6.07) is 16.3. The minimum Gasteiger partial charge on any atom is -0.872 e. The zero-order valence-electron chi connectivity index (χ0n) is 23.5. The lowest BCUT2D eigenvalue weighted by molar-refractivity contribution is -0.401. The van der Waals surface area contributed by atoms with E-state index in [2.05, 4.69) is 72.1 Å². The highest BCUT2D eigenvalue weighted by Gasteiger charge is 2.49. The van der Waals surface area contributed by atoms with E-state index in [1.54, 1.807) is 0 Å². The first-order valence-corrected chi connectivity index (χ1v) is 13.8. The van der Waals surface area contributed by atoms with Crippen molar-refractivity contribution in [3.63, 3.8) is 0 Å². The molecule has 8 heteroatoms. The number of rotatable bonds is 3. The molecule has 3 aliphatic heterocycles. The number of amides is 2. The zero-order chi connectivity index (χ0) is 28.7. The Labute approximate surface area is 239 Å². The second kappa shape index (κ2) is 8.73. The van der Waals surface area contributed by atoms with E-state index in [1.165, 1.54) is 0 Å². The number of carbonyl (C=O) groups excluding carboxylic acids is 2. The Kier molecular flexibility index (Phi) is 5.72. The largest absolute Gasteiger partial charge is 0.872 e. The monoisotopic (exact) mass is 552 g/mol. The van der Waals surface area contributed by atoms with Crippen molar-refractivity contribution in [3.05, 3.63) is 94.4 Å². The van der Waals surface area contributed by atoms with Crippen molar-refractivity contribution >= 4 is 46.2 Å². The van der Waals surface area contributed by atoms with Crippen LogP contribution in [0.5, 0.6) is 0 Å². The van der Waals surface area contributed by atoms with E-state index in [0.29, 0.717) is 11.1 Å². The molecule has 204 valence electrons. The van der Waals surface area contributed by atoms with Crippen LogP contribution in [0, 0.1) is 11.8 Å². The van der Waals surface area contributed by atoms with Gasteiger partial charge in [-0.2, -0.15) is 4.58 Å². The van der Waals surface area contributed by atoms with Gasteiger partial charge in [0.15, 0.2) is 10.8 Å². The molecule has 0 spiro atoms. The number of benzene rings is 2. The number of hydrogen-bond donors (Lipinski definition) is 2. The van der Waals surface area contributed by atoms with Crippen LogP contribution in [0.25, 0.3) is 0 Å². The predicted octanol–water partition coefficient (Wildman–Crippen LogP) is 3.32. The molecule has 40 heavy (non-hydrogen) atoms. The number of para-hydroxylation sites is 2. The zero-order valence-corrected chi connectivity index (χ0v) is 24.3. The van der Waals surface area contributed by atoms with Gasteiger partial charge in [0, 0.05) is 47.5 Å². The first-order chi connectivity index (χ1) is 18.9. The molecule has 0 saturated carbocycles. The molecule has 1 unspecified atom stereocenters. The number of thiocarbonyl (C=S) groups is 1. The normalized spacial score (nSPS) is 25.3. The van der Waals surface area contributed by atoms with Gasteiger partial charge in [-0.3, -0.25) is 9.59 Å². The highest BCUT2D eigenvalue weighted by molar-refractivity contribution is 7.80. The predicted molar refractivity (Wildman–Crippen MR) is 157 cm³/mol. The lowest BCUT2D eigenvalue weighted by Gasteiger charge is -2.44. The molecular weight excluding hydrogens is 520 g/mol. The number of nitrogens with one attached hydrogen (secondary N) is 2. The van der Waals surface area contributed by atoms with Crippen molar-refractivity contribution in [2.24, 2.45) is 11.8 Å². The summed E-state index contributed by atoms with van der Waals surface area (Å²) >= 11 is 5.06. The minimum atomic E-state index is -1.11. The van der Waals surface area contributed by atoms with Gasteiger partial charge in [-0.15, -0.1) is 5.76 Å². The quantitative estimate of drug-likeness (QED) is 0.347. The van der Waals surface area contributed by atoms with Crippen LogP contribution in [-0.2, 0) is 20.4 Å². The van der Waals surface area contributed by atoms with E-state index >= 15 is 0 Å². The van der Waals surface area contributed by atoms with Gasteiger partial charge in [-0.1, -0.05) is 50.2 Å². The van der Waals surface area contributed by atoms with Crippen LogP contribution in [0.3, 0.4) is 0 Å². The molecule has 3 heterocycles. The Balaban J connectivity index is 1.51. The molecule has 2 amide bonds. The molecule has 4 aliphatic rings. The van der Waals surface area contributed by atoms with Crippen LogP contribution in [0.1, 0.15) is 38.8 Å². The summed E-state index contributed by atoms with van der Waals surface area (Å²) in [6.45, 7) is 8.49. The topological polar surface area (TPSA) is 87.5 Å². The van der Waals surface area contributed by atoms with Crippen LogP contribution in [-0.4, -0.2) is 41.3 Å². The fraction of sp³-hybridized carbons (Fsp3) is 0.312. The maximum Gasteiger partial charge on any atom is 0.239 e. The second-order valence-corrected chi connectivity index (χ2v) is 12.4. The van der Waals surface area contributed by atoms with E-state index in [9.17, 15) is 14.7 Å². The van der Waals surface area contributed by atoms with Gasteiger partial charge in [0.05, 0.1) is 5.41 Å². The third kappa shape index (κ3) is 3.55. The van der Waals surface area contributed by atoms with Gasteiger partial charge < -0.3 is 20.6 Å². The third-order valence-corrected chi connectivity index (χ3v) is 9.24. The number of anilines is 1. The summed E-state index contributed by atoms with van der Waals surface area (Å²) in [6.07, 6.45) is 3.78. The van der Waals surface area contributed by atoms with Crippen LogP contribution >= 0.6 is 12.2 Å². The number of fused-ring (bicyclic) bond motifs is 2.